The minimum atomic E-state index is -1.07. The van der Waals surface area contributed by atoms with Crippen LogP contribution in [-0.4, -0.2) is 37.7 Å². The van der Waals surface area contributed by atoms with Gasteiger partial charge in [-0.15, -0.1) is 5.10 Å². The third kappa shape index (κ3) is 1.59. The predicted molar refractivity (Wildman–Crippen MR) is 59.3 cm³/mol. The Hall–Kier alpha value is -2.18. The first kappa shape index (κ1) is 10.0. The number of nitrogens with zero attached hydrogens (tertiary/aromatic N) is 4. The van der Waals surface area contributed by atoms with E-state index in [9.17, 15) is 4.79 Å². The highest BCUT2D eigenvalue weighted by Gasteiger charge is 2.28. The minimum absolute atomic E-state index is 0.0309. The zero-order chi connectivity index (χ0) is 12.0. The summed E-state index contributed by atoms with van der Waals surface area (Å²) in [6.45, 7) is 0. The van der Waals surface area contributed by atoms with Crippen LogP contribution in [0.5, 0.6) is 0 Å². The van der Waals surface area contributed by atoms with Crippen LogP contribution in [0.2, 0.25) is 0 Å². The number of aromatic nitrogens is 4. The number of rotatable bonds is 3. The monoisotopic (exact) mass is 233 g/mol. The van der Waals surface area contributed by atoms with Crippen LogP contribution in [0.25, 0.3) is 5.78 Å². The van der Waals surface area contributed by atoms with Crippen molar-refractivity contribution in [2.24, 2.45) is 0 Å². The topological polar surface area (TPSA) is 92.4 Å². The number of aromatic carboxylic acids is 1. The molecule has 0 aromatic carbocycles. The molecule has 2 heterocycles. The Labute approximate surface area is 96.5 Å². The highest BCUT2D eigenvalue weighted by atomic mass is 16.4. The lowest BCUT2D eigenvalue weighted by atomic mass is 10.4. The zero-order valence-corrected chi connectivity index (χ0v) is 9.21. The van der Waals surface area contributed by atoms with Gasteiger partial charge in [0, 0.05) is 19.0 Å². The van der Waals surface area contributed by atoms with Crippen molar-refractivity contribution in [2.45, 2.75) is 18.8 Å². The number of nitrogens with one attached hydrogen (secondary N) is 1. The number of carbonyl (C=O) groups is 1. The largest absolute Gasteiger partial charge is 0.477 e. The number of fused-ring (bicyclic) bond motifs is 1. The lowest BCUT2D eigenvalue weighted by Gasteiger charge is -2.03. The van der Waals surface area contributed by atoms with Crippen molar-refractivity contribution in [2.75, 3.05) is 12.4 Å². The Morgan fingerprint density at radius 2 is 2.29 bits per heavy atom. The standard InChI is InChI=1S/C10H11N5O2/c1-11-7-4-6(9(16)17)12-10-13-8(5-2-3-5)14-15(7)10/h4-5,11H,2-3H2,1H3,(H,16,17). The molecule has 0 bridgehead atoms. The van der Waals surface area contributed by atoms with Gasteiger partial charge in [-0.05, 0) is 12.8 Å². The molecule has 1 aliphatic rings. The molecule has 7 nitrogen and oxygen atoms in total. The van der Waals surface area contributed by atoms with Gasteiger partial charge in [0.2, 0.25) is 0 Å². The van der Waals surface area contributed by atoms with Gasteiger partial charge in [0.25, 0.3) is 5.78 Å². The Morgan fingerprint density at radius 1 is 1.53 bits per heavy atom. The van der Waals surface area contributed by atoms with E-state index in [4.69, 9.17) is 5.11 Å². The molecule has 0 aliphatic heterocycles. The number of carboxylic acid groups (broad SMARTS) is 1. The second kappa shape index (κ2) is 3.41. The van der Waals surface area contributed by atoms with Gasteiger partial charge in [0.05, 0.1) is 0 Å². The average molecular weight is 233 g/mol. The molecule has 88 valence electrons. The summed E-state index contributed by atoms with van der Waals surface area (Å²) in [7, 11) is 1.71. The molecule has 0 amide bonds. The smallest absolute Gasteiger partial charge is 0.354 e. The molecule has 3 rings (SSSR count). The summed E-state index contributed by atoms with van der Waals surface area (Å²) < 4.78 is 1.54. The van der Waals surface area contributed by atoms with Crippen molar-refractivity contribution in [1.29, 1.82) is 0 Å². The third-order valence-corrected chi connectivity index (χ3v) is 2.75. The number of carboxylic acids is 1. The minimum Gasteiger partial charge on any atom is -0.477 e. The molecule has 0 saturated heterocycles. The fraction of sp³-hybridized carbons (Fsp3) is 0.400. The fourth-order valence-electron chi connectivity index (χ4n) is 1.69. The van der Waals surface area contributed by atoms with E-state index in [1.54, 1.807) is 11.6 Å². The second-order valence-electron chi connectivity index (χ2n) is 4.04. The van der Waals surface area contributed by atoms with Crippen LogP contribution < -0.4 is 5.32 Å². The van der Waals surface area contributed by atoms with Crippen LogP contribution in [0.15, 0.2) is 6.07 Å². The average Bonchev–Trinajstić information content (AvgIpc) is 3.07. The van der Waals surface area contributed by atoms with E-state index in [1.165, 1.54) is 6.07 Å². The van der Waals surface area contributed by atoms with Gasteiger partial charge in [-0.25, -0.2) is 9.78 Å². The Bertz CT molecular complexity index is 602. The second-order valence-corrected chi connectivity index (χ2v) is 4.04. The third-order valence-electron chi connectivity index (χ3n) is 2.75. The fourth-order valence-corrected chi connectivity index (χ4v) is 1.69. The van der Waals surface area contributed by atoms with Gasteiger partial charge in [0.1, 0.15) is 5.82 Å². The van der Waals surface area contributed by atoms with Crippen LogP contribution in [0, 0.1) is 0 Å². The summed E-state index contributed by atoms with van der Waals surface area (Å²) >= 11 is 0. The summed E-state index contributed by atoms with van der Waals surface area (Å²) in [5.74, 6) is 0.995. The summed E-state index contributed by atoms with van der Waals surface area (Å²) in [6, 6.07) is 1.45. The van der Waals surface area contributed by atoms with Crippen LogP contribution in [0.4, 0.5) is 5.82 Å². The van der Waals surface area contributed by atoms with Crippen LogP contribution in [0.1, 0.15) is 35.1 Å². The molecule has 17 heavy (non-hydrogen) atoms. The predicted octanol–water partition coefficient (Wildman–Crippen LogP) is 0.742. The number of hydrogen-bond acceptors (Lipinski definition) is 5. The quantitative estimate of drug-likeness (QED) is 0.812. The number of hydrogen-bond donors (Lipinski definition) is 2. The maximum atomic E-state index is 10.9. The van der Waals surface area contributed by atoms with Crippen LogP contribution in [-0.2, 0) is 0 Å². The van der Waals surface area contributed by atoms with Crippen molar-refractivity contribution in [1.82, 2.24) is 19.6 Å². The SMILES string of the molecule is CNc1cc(C(=O)O)nc2nc(C3CC3)nn12. The van der Waals surface area contributed by atoms with Crippen molar-refractivity contribution < 1.29 is 9.90 Å². The first-order valence-electron chi connectivity index (χ1n) is 5.38. The molecule has 0 radical (unpaired) electrons. The van der Waals surface area contributed by atoms with Gasteiger partial charge >= 0.3 is 5.97 Å². The Morgan fingerprint density at radius 3 is 2.88 bits per heavy atom. The molecule has 1 aliphatic carbocycles. The maximum absolute atomic E-state index is 10.9. The Kier molecular flexibility index (Phi) is 2.01. The maximum Gasteiger partial charge on any atom is 0.354 e. The van der Waals surface area contributed by atoms with Gasteiger partial charge in [-0.1, -0.05) is 0 Å². The van der Waals surface area contributed by atoms with E-state index in [1.807, 2.05) is 0 Å². The lowest BCUT2D eigenvalue weighted by Crippen LogP contribution is -2.07. The van der Waals surface area contributed by atoms with Crippen molar-refractivity contribution in [3.05, 3.63) is 17.6 Å². The molecule has 2 aromatic heterocycles. The lowest BCUT2D eigenvalue weighted by molar-refractivity contribution is 0.0690. The van der Waals surface area contributed by atoms with E-state index in [2.05, 4.69) is 20.4 Å². The van der Waals surface area contributed by atoms with Gasteiger partial charge < -0.3 is 10.4 Å². The van der Waals surface area contributed by atoms with E-state index in [0.717, 1.165) is 18.7 Å². The highest BCUT2D eigenvalue weighted by molar-refractivity contribution is 5.86. The van der Waals surface area contributed by atoms with Crippen molar-refractivity contribution >= 4 is 17.6 Å². The zero-order valence-electron chi connectivity index (χ0n) is 9.21. The molecule has 1 fully saturated rings. The summed E-state index contributed by atoms with van der Waals surface area (Å²) in [5.41, 5.74) is -0.0309. The summed E-state index contributed by atoms with van der Waals surface area (Å²) in [6.07, 6.45) is 2.19. The van der Waals surface area contributed by atoms with Gasteiger partial charge in [-0.3, -0.25) is 0 Å². The van der Waals surface area contributed by atoms with E-state index >= 15 is 0 Å². The van der Waals surface area contributed by atoms with Crippen LogP contribution in [0.3, 0.4) is 0 Å². The van der Waals surface area contributed by atoms with Crippen molar-refractivity contribution in [3.63, 3.8) is 0 Å². The summed E-state index contributed by atoms with van der Waals surface area (Å²) in [4.78, 5) is 19.1. The highest BCUT2D eigenvalue weighted by Crippen LogP contribution is 2.38. The normalized spacial score (nSPS) is 15.1. The molecular weight excluding hydrogens is 222 g/mol. The summed E-state index contributed by atoms with van der Waals surface area (Å²) in [5, 5.41) is 16.2. The molecule has 0 atom stereocenters. The first-order valence-corrected chi connectivity index (χ1v) is 5.38. The molecule has 7 heteroatoms. The van der Waals surface area contributed by atoms with E-state index in [-0.39, 0.29) is 5.69 Å². The van der Waals surface area contributed by atoms with Gasteiger partial charge in [0.15, 0.2) is 11.5 Å². The van der Waals surface area contributed by atoms with E-state index in [0.29, 0.717) is 17.5 Å². The number of anilines is 1. The first-order chi connectivity index (χ1) is 8.19. The molecule has 0 spiro atoms. The van der Waals surface area contributed by atoms with Crippen molar-refractivity contribution in [3.8, 4) is 0 Å². The molecule has 2 aromatic rings. The molecular formula is C10H11N5O2. The Balaban J connectivity index is 2.21. The molecule has 0 unspecified atom stereocenters. The molecule has 2 N–H and O–H groups in total. The van der Waals surface area contributed by atoms with E-state index < -0.39 is 5.97 Å². The van der Waals surface area contributed by atoms with Gasteiger partial charge in [-0.2, -0.15) is 9.50 Å². The van der Waals surface area contributed by atoms with Crippen LogP contribution >= 0.6 is 0 Å². The molecule has 1 saturated carbocycles.